The maximum absolute atomic E-state index is 13.4. The van der Waals surface area contributed by atoms with Crippen LogP contribution in [0, 0.1) is 5.82 Å². The third kappa shape index (κ3) is 6.56. The van der Waals surface area contributed by atoms with E-state index < -0.39 is 18.3 Å². The summed E-state index contributed by atoms with van der Waals surface area (Å²) in [5.41, 5.74) is 3.30. The summed E-state index contributed by atoms with van der Waals surface area (Å²) in [5, 5.41) is 10.1. The van der Waals surface area contributed by atoms with E-state index in [1.165, 1.54) is 17.0 Å². The first-order chi connectivity index (χ1) is 17.1. The first-order valence-electron chi connectivity index (χ1n) is 11.6. The number of carboxylic acids is 1. The highest BCUT2D eigenvalue weighted by Gasteiger charge is 2.35. The van der Waals surface area contributed by atoms with Gasteiger partial charge in [0, 0.05) is 35.9 Å². The molecule has 0 aromatic heterocycles. The molecule has 0 radical (unpaired) electrons. The highest BCUT2D eigenvalue weighted by Crippen LogP contribution is 2.37. The average Bonchev–Trinajstić information content (AvgIpc) is 3.15. The summed E-state index contributed by atoms with van der Waals surface area (Å²) in [7, 11) is 0. The zero-order valence-electron chi connectivity index (χ0n) is 19.8. The summed E-state index contributed by atoms with van der Waals surface area (Å²) in [5.74, 6) is -1.11. The summed E-state index contributed by atoms with van der Waals surface area (Å²) < 4.78 is 19.6. The van der Waals surface area contributed by atoms with Crippen LogP contribution in [-0.2, 0) is 35.4 Å². The molecule has 1 atom stereocenters. The van der Waals surface area contributed by atoms with Gasteiger partial charge in [-0.15, -0.1) is 0 Å². The molecule has 5 nitrogen and oxygen atoms in total. The third-order valence-electron chi connectivity index (χ3n) is 6.22. The fourth-order valence-electron chi connectivity index (χ4n) is 4.52. The molecule has 188 valence electrons. The molecule has 3 aromatic rings. The van der Waals surface area contributed by atoms with E-state index >= 15 is 0 Å². The van der Waals surface area contributed by atoms with Crippen LogP contribution in [0.2, 0.25) is 10.0 Å². The SMILES string of the molecule is C[C@@]1(Cc2ccc(Cl)cc2)Cc2cc(CCC(=O)N(CC(=O)O)Cc3ccc(F)cc3Cl)ccc2O1. The molecule has 1 aliphatic rings. The van der Waals surface area contributed by atoms with Crippen molar-refractivity contribution in [2.45, 2.75) is 44.8 Å². The minimum absolute atomic E-state index is 0.00860. The van der Waals surface area contributed by atoms with Crippen molar-refractivity contribution in [1.82, 2.24) is 4.90 Å². The summed E-state index contributed by atoms with van der Waals surface area (Å²) in [6.45, 7) is 1.61. The van der Waals surface area contributed by atoms with Crippen molar-refractivity contribution in [3.8, 4) is 5.75 Å². The van der Waals surface area contributed by atoms with Crippen molar-refractivity contribution in [1.29, 1.82) is 0 Å². The van der Waals surface area contributed by atoms with Gasteiger partial charge in [0.1, 0.15) is 23.7 Å². The smallest absolute Gasteiger partial charge is 0.323 e. The topological polar surface area (TPSA) is 66.8 Å². The standard InChI is InChI=1S/C28H26Cl2FNO4/c1-28(14-19-2-7-22(29)8-3-19)15-21-12-18(4-10-25(21)36-28)5-11-26(33)32(17-27(34)35)16-20-6-9-23(31)13-24(20)30/h2-4,6-10,12-13H,5,11,14-17H2,1H3,(H,34,35)/t28-/m1/s1. The van der Waals surface area contributed by atoms with Gasteiger partial charge in [-0.25, -0.2) is 4.39 Å². The maximum Gasteiger partial charge on any atom is 0.323 e. The average molecular weight is 530 g/mol. The summed E-state index contributed by atoms with van der Waals surface area (Å²) in [6, 6.07) is 17.5. The van der Waals surface area contributed by atoms with E-state index in [0.717, 1.165) is 41.3 Å². The lowest BCUT2D eigenvalue weighted by atomic mass is 9.91. The van der Waals surface area contributed by atoms with Gasteiger partial charge in [0.25, 0.3) is 0 Å². The summed E-state index contributed by atoms with van der Waals surface area (Å²) in [6.07, 6.45) is 2.06. The molecular formula is C28H26Cl2FNO4. The Labute approximate surface area is 219 Å². The number of hydrogen-bond acceptors (Lipinski definition) is 3. The molecule has 36 heavy (non-hydrogen) atoms. The molecule has 0 saturated carbocycles. The van der Waals surface area contributed by atoms with Crippen LogP contribution >= 0.6 is 23.2 Å². The lowest BCUT2D eigenvalue weighted by molar-refractivity contribution is -0.144. The molecule has 8 heteroatoms. The summed E-state index contributed by atoms with van der Waals surface area (Å²) >= 11 is 12.1. The van der Waals surface area contributed by atoms with Crippen molar-refractivity contribution in [2.75, 3.05) is 6.54 Å². The van der Waals surface area contributed by atoms with Gasteiger partial charge in [-0.05, 0) is 65.9 Å². The molecule has 1 N–H and O–H groups in total. The first-order valence-corrected chi connectivity index (χ1v) is 12.3. The highest BCUT2D eigenvalue weighted by molar-refractivity contribution is 6.31. The molecule has 0 spiro atoms. The van der Waals surface area contributed by atoms with Crippen molar-refractivity contribution in [3.63, 3.8) is 0 Å². The number of halogens is 3. The van der Waals surface area contributed by atoms with Crippen LogP contribution in [0.1, 0.15) is 35.6 Å². The number of carbonyl (C=O) groups is 2. The molecule has 1 aliphatic heterocycles. The largest absolute Gasteiger partial charge is 0.487 e. The van der Waals surface area contributed by atoms with Crippen LogP contribution in [0.4, 0.5) is 4.39 Å². The van der Waals surface area contributed by atoms with Gasteiger partial charge in [-0.3, -0.25) is 9.59 Å². The molecule has 4 rings (SSSR count). The number of carboxylic acid groups (broad SMARTS) is 1. The van der Waals surface area contributed by atoms with Gasteiger partial charge in [-0.2, -0.15) is 0 Å². The van der Waals surface area contributed by atoms with E-state index in [2.05, 4.69) is 6.92 Å². The molecule has 1 amide bonds. The first kappa shape index (κ1) is 26.0. The van der Waals surface area contributed by atoms with Crippen LogP contribution < -0.4 is 4.74 Å². The van der Waals surface area contributed by atoms with Gasteiger partial charge < -0.3 is 14.7 Å². The van der Waals surface area contributed by atoms with Crippen LogP contribution in [0.3, 0.4) is 0 Å². The Morgan fingerprint density at radius 1 is 1.06 bits per heavy atom. The third-order valence-corrected chi connectivity index (χ3v) is 6.82. The van der Waals surface area contributed by atoms with Crippen LogP contribution in [-0.4, -0.2) is 34.0 Å². The van der Waals surface area contributed by atoms with Gasteiger partial charge >= 0.3 is 5.97 Å². The number of aryl methyl sites for hydroxylation is 1. The second kappa shape index (κ2) is 10.9. The van der Waals surface area contributed by atoms with E-state index in [9.17, 15) is 19.1 Å². The van der Waals surface area contributed by atoms with Crippen LogP contribution in [0.15, 0.2) is 60.7 Å². The maximum atomic E-state index is 13.4. The fraction of sp³-hybridized carbons (Fsp3) is 0.286. The Morgan fingerprint density at radius 2 is 1.78 bits per heavy atom. The fourth-order valence-corrected chi connectivity index (χ4v) is 4.88. The highest BCUT2D eigenvalue weighted by atomic mass is 35.5. The zero-order valence-corrected chi connectivity index (χ0v) is 21.3. The normalized spacial score (nSPS) is 16.3. The number of hydrogen-bond donors (Lipinski definition) is 1. The predicted octanol–water partition coefficient (Wildman–Crippen LogP) is 6.11. The zero-order chi connectivity index (χ0) is 25.9. The lowest BCUT2D eigenvalue weighted by Gasteiger charge is -2.24. The number of rotatable bonds is 9. The van der Waals surface area contributed by atoms with Crippen molar-refractivity contribution < 1.29 is 23.8 Å². The van der Waals surface area contributed by atoms with Gasteiger partial charge in [0.2, 0.25) is 5.91 Å². The van der Waals surface area contributed by atoms with E-state index in [-0.39, 0.29) is 29.5 Å². The van der Waals surface area contributed by atoms with Crippen LogP contribution in [0.25, 0.3) is 0 Å². The number of nitrogens with zero attached hydrogens (tertiary/aromatic N) is 1. The minimum atomic E-state index is -1.13. The van der Waals surface area contributed by atoms with Gasteiger partial charge in [0.05, 0.1) is 0 Å². The number of carbonyl (C=O) groups excluding carboxylic acids is 1. The Balaban J connectivity index is 1.39. The molecule has 0 saturated heterocycles. The van der Waals surface area contributed by atoms with Gasteiger partial charge in [-0.1, -0.05) is 53.5 Å². The quantitative estimate of drug-likeness (QED) is 0.362. The molecule has 3 aromatic carbocycles. The molecule has 0 bridgehead atoms. The molecule has 0 fully saturated rings. The predicted molar refractivity (Wildman–Crippen MR) is 137 cm³/mol. The number of benzene rings is 3. The van der Waals surface area contributed by atoms with E-state index in [1.54, 1.807) is 0 Å². The lowest BCUT2D eigenvalue weighted by Crippen LogP contribution is -2.35. The minimum Gasteiger partial charge on any atom is -0.487 e. The number of aliphatic carboxylic acids is 1. The monoisotopic (exact) mass is 529 g/mol. The molecule has 1 heterocycles. The Hall–Kier alpha value is -3.09. The Morgan fingerprint density at radius 3 is 2.47 bits per heavy atom. The van der Waals surface area contributed by atoms with Crippen LogP contribution in [0.5, 0.6) is 5.75 Å². The molecule has 0 unspecified atom stereocenters. The number of fused-ring (bicyclic) bond motifs is 1. The van der Waals surface area contributed by atoms with Crippen molar-refractivity contribution in [3.05, 3.63) is 98.8 Å². The van der Waals surface area contributed by atoms with Crippen molar-refractivity contribution in [2.24, 2.45) is 0 Å². The van der Waals surface area contributed by atoms with Gasteiger partial charge in [0.15, 0.2) is 0 Å². The Kier molecular flexibility index (Phi) is 7.86. The number of ether oxygens (including phenoxy) is 1. The van der Waals surface area contributed by atoms with E-state index in [0.29, 0.717) is 17.0 Å². The second-order valence-corrected chi connectivity index (χ2v) is 10.2. The number of amides is 1. The van der Waals surface area contributed by atoms with E-state index in [1.807, 2.05) is 42.5 Å². The summed E-state index contributed by atoms with van der Waals surface area (Å²) in [4.78, 5) is 25.5. The van der Waals surface area contributed by atoms with E-state index in [4.69, 9.17) is 27.9 Å². The second-order valence-electron chi connectivity index (χ2n) is 9.35. The molecule has 0 aliphatic carbocycles. The van der Waals surface area contributed by atoms with Crippen molar-refractivity contribution >= 4 is 35.1 Å². The molecular weight excluding hydrogens is 504 g/mol. The Bertz CT molecular complexity index is 1280.